The van der Waals surface area contributed by atoms with Gasteiger partial charge in [-0.25, -0.2) is 0 Å². The third-order valence-electron chi connectivity index (χ3n) is 5.12. The van der Waals surface area contributed by atoms with Crippen LogP contribution in [0, 0.1) is 22.7 Å². The molecular formula is C26H15N3S. The maximum atomic E-state index is 9.56. The molecule has 0 fully saturated rings. The van der Waals surface area contributed by atoms with E-state index in [9.17, 15) is 10.5 Å². The summed E-state index contributed by atoms with van der Waals surface area (Å²) in [6.07, 6.45) is 0. The molecule has 1 aliphatic rings. The Morgan fingerprint density at radius 2 is 1.43 bits per heavy atom. The fourth-order valence-corrected chi connectivity index (χ4v) is 4.83. The summed E-state index contributed by atoms with van der Waals surface area (Å²) in [4.78, 5) is 4.56. The molecule has 0 N–H and O–H groups in total. The van der Waals surface area contributed by atoms with Gasteiger partial charge < -0.3 is 4.90 Å². The van der Waals surface area contributed by atoms with E-state index in [0.717, 1.165) is 33.1 Å². The number of fused-ring (bicyclic) bond motifs is 2. The molecule has 0 aliphatic carbocycles. The Kier molecular flexibility index (Phi) is 4.48. The first-order valence-electron chi connectivity index (χ1n) is 9.49. The van der Waals surface area contributed by atoms with E-state index >= 15 is 0 Å². The van der Waals surface area contributed by atoms with Crippen molar-refractivity contribution in [1.82, 2.24) is 0 Å². The van der Waals surface area contributed by atoms with E-state index in [2.05, 4.69) is 59.5 Å². The molecule has 0 spiro atoms. The molecule has 0 saturated heterocycles. The highest BCUT2D eigenvalue weighted by Crippen LogP contribution is 2.52. The minimum atomic E-state index is 0.547. The van der Waals surface area contributed by atoms with Crippen LogP contribution in [0.3, 0.4) is 0 Å². The highest BCUT2D eigenvalue weighted by Gasteiger charge is 2.25. The number of anilines is 3. The van der Waals surface area contributed by atoms with E-state index < -0.39 is 0 Å². The zero-order valence-electron chi connectivity index (χ0n) is 15.9. The molecule has 4 aromatic carbocycles. The summed E-state index contributed by atoms with van der Waals surface area (Å²) in [5.74, 6) is 0. The van der Waals surface area contributed by atoms with Crippen LogP contribution in [0.1, 0.15) is 11.1 Å². The fourth-order valence-electron chi connectivity index (χ4n) is 3.73. The highest BCUT2D eigenvalue weighted by atomic mass is 32.2. The smallest absolute Gasteiger partial charge is 0.0998 e. The number of rotatable bonds is 2. The topological polar surface area (TPSA) is 50.8 Å². The average Bonchev–Trinajstić information content (AvgIpc) is 2.82. The second-order valence-electron chi connectivity index (χ2n) is 6.91. The SMILES string of the molecule is N#Cc1ccc(C#N)c(-c2ccc3c(c2)Sc2ccccc2N3c2ccccc2)c1. The van der Waals surface area contributed by atoms with Crippen LogP contribution in [0.25, 0.3) is 11.1 Å². The molecule has 0 unspecified atom stereocenters. The minimum Gasteiger partial charge on any atom is -0.308 e. The van der Waals surface area contributed by atoms with Crippen molar-refractivity contribution in [1.29, 1.82) is 10.5 Å². The van der Waals surface area contributed by atoms with Crippen molar-refractivity contribution in [2.75, 3.05) is 4.90 Å². The Hall–Kier alpha value is -3.99. The minimum absolute atomic E-state index is 0.547. The lowest BCUT2D eigenvalue weighted by molar-refractivity contribution is 1.17. The van der Waals surface area contributed by atoms with Gasteiger partial charge in [-0.15, -0.1) is 0 Å². The summed E-state index contributed by atoms with van der Waals surface area (Å²) in [6, 6.07) is 34.5. The summed E-state index contributed by atoms with van der Waals surface area (Å²) < 4.78 is 0. The van der Waals surface area contributed by atoms with Crippen LogP contribution in [0.5, 0.6) is 0 Å². The van der Waals surface area contributed by atoms with E-state index in [1.807, 2.05) is 30.3 Å². The molecule has 0 radical (unpaired) electrons. The molecule has 0 atom stereocenters. The first-order valence-corrected chi connectivity index (χ1v) is 10.3. The molecule has 0 saturated carbocycles. The predicted molar refractivity (Wildman–Crippen MR) is 120 cm³/mol. The highest BCUT2D eigenvalue weighted by molar-refractivity contribution is 7.99. The van der Waals surface area contributed by atoms with Crippen LogP contribution in [-0.2, 0) is 0 Å². The normalized spacial score (nSPS) is 11.7. The van der Waals surface area contributed by atoms with Crippen LogP contribution >= 0.6 is 11.8 Å². The van der Waals surface area contributed by atoms with Crippen molar-refractivity contribution >= 4 is 28.8 Å². The molecule has 0 aromatic heterocycles. The first-order chi connectivity index (χ1) is 14.8. The van der Waals surface area contributed by atoms with E-state index in [-0.39, 0.29) is 0 Å². The lowest BCUT2D eigenvalue weighted by atomic mass is 9.97. The Bertz CT molecular complexity index is 1350. The monoisotopic (exact) mass is 401 g/mol. The second-order valence-corrected chi connectivity index (χ2v) is 7.99. The molecule has 4 heteroatoms. The average molecular weight is 401 g/mol. The van der Waals surface area contributed by atoms with Crippen molar-refractivity contribution in [3.8, 4) is 23.3 Å². The molecule has 5 rings (SSSR count). The van der Waals surface area contributed by atoms with Gasteiger partial charge in [0, 0.05) is 21.0 Å². The van der Waals surface area contributed by atoms with Crippen LogP contribution in [0.4, 0.5) is 17.1 Å². The molecule has 30 heavy (non-hydrogen) atoms. The van der Waals surface area contributed by atoms with Gasteiger partial charge in [0.1, 0.15) is 0 Å². The maximum absolute atomic E-state index is 9.56. The van der Waals surface area contributed by atoms with E-state index in [0.29, 0.717) is 11.1 Å². The Morgan fingerprint density at radius 3 is 2.23 bits per heavy atom. The van der Waals surface area contributed by atoms with Crippen molar-refractivity contribution in [2.45, 2.75) is 9.79 Å². The predicted octanol–water partition coefficient (Wildman–Crippen LogP) is 7.03. The fraction of sp³-hybridized carbons (Fsp3) is 0. The van der Waals surface area contributed by atoms with Crippen LogP contribution in [0.15, 0.2) is 101 Å². The lowest BCUT2D eigenvalue weighted by Gasteiger charge is -2.33. The van der Waals surface area contributed by atoms with Crippen molar-refractivity contribution < 1.29 is 0 Å². The van der Waals surface area contributed by atoms with Crippen molar-refractivity contribution in [3.63, 3.8) is 0 Å². The summed E-state index contributed by atoms with van der Waals surface area (Å²) in [7, 11) is 0. The molecule has 1 heterocycles. The van der Waals surface area contributed by atoms with Crippen molar-refractivity contribution in [2.24, 2.45) is 0 Å². The summed E-state index contributed by atoms with van der Waals surface area (Å²) in [6.45, 7) is 0. The van der Waals surface area contributed by atoms with E-state index in [1.54, 1.807) is 30.0 Å². The van der Waals surface area contributed by atoms with Crippen LogP contribution < -0.4 is 4.90 Å². The molecule has 1 aliphatic heterocycles. The molecule has 3 nitrogen and oxygen atoms in total. The number of para-hydroxylation sites is 2. The van der Waals surface area contributed by atoms with Gasteiger partial charge in [0.15, 0.2) is 0 Å². The quantitative estimate of drug-likeness (QED) is 0.318. The van der Waals surface area contributed by atoms with Gasteiger partial charge in [-0.1, -0.05) is 48.2 Å². The van der Waals surface area contributed by atoms with Crippen LogP contribution in [-0.4, -0.2) is 0 Å². The molecule has 0 amide bonds. The zero-order chi connectivity index (χ0) is 20.5. The number of hydrogen-bond acceptors (Lipinski definition) is 4. The Balaban J connectivity index is 1.69. The second kappa shape index (κ2) is 7.44. The van der Waals surface area contributed by atoms with Gasteiger partial charge in [-0.3, -0.25) is 0 Å². The number of benzene rings is 4. The number of nitrogens with zero attached hydrogens (tertiary/aromatic N) is 3. The largest absolute Gasteiger partial charge is 0.308 e. The van der Waals surface area contributed by atoms with Gasteiger partial charge in [0.05, 0.1) is 34.6 Å². The zero-order valence-corrected chi connectivity index (χ0v) is 16.7. The molecule has 140 valence electrons. The maximum Gasteiger partial charge on any atom is 0.0998 e. The summed E-state index contributed by atoms with van der Waals surface area (Å²) in [5, 5.41) is 18.8. The Morgan fingerprint density at radius 1 is 0.667 bits per heavy atom. The van der Waals surface area contributed by atoms with Gasteiger partial charge in [0.25, 0.3) is 0 Å². The molecule has 0 bridgehead atoms. The summed E-state index contributed by atoms with van der Waals surface area (Å²) in [5.41, 5.74) is 6.18. The van der Waals surface area contributed by atoms with Crippen molar-refractivity contribution in [3.05, 3.63) is 102 Å². The van der Waals surface area contributed by atoms with Gasteiger partial charge in [-0.2, -0.15) is 10.5 Å². The number of nitriles is 2. The standard InChI is InChI=1S/C26H15N3S/c27-16-18-10-11-20(17-28)22(14-18)19-12-13-24-26(15-19)30-25-9-5-4-8-23(25)29(24)21-6-2-1-3-7-21/h1-15H. The Labute approximate surface area is 179 Å². The van der Waals surface area contributed by atoms with Gasteiger partial charge in [-0.05, 0) is 60.2 Å². The third-order valence-corrected chi connectivity index (χ3v) is 6.23. The van der Waals surface area contributed by atoms with Gasteiger partial charge >= 0.3 is 0 Å². The first kappa shape index (κ1) is 18.1. The molecule has 4 aromatic rings. The van der Waals surface area contributed by atoms with E-state index in [4.69, 9.17) is 0 Å². The van der Waals surface area contributed by atoms with Crippen LogP contribution in [0.2, 0.25) is 0 Å². The van der Waals surface area contributed by atoms with Gasteiger partial charge in [0.2, 0.25) is 0 Å². The number of hydrogen-bond donors (Lipinski definition) is 0. The third kappa shape index (κ3) is 3.01. The molecular weight excluding hydrogens is 386 g/mol. The lowest BCUT2D eigenvalue weighted by Crippen LogP contribution is -2.14. The summed E-state index contributed by atoms with van der Waals surface area (Å²) >= 11 is 1.72. The van der Waals surface area contributed by atoms with E-state index in [1.165, 1.54) is 4.90 Å².